The van der Waals surface area contributed by atoms with Crippen molar-refractivity contribution in [3.8, 4) is 16.6 Å². The van der Waals surface area contributed by atoms with Crippen LogP contribution in [0.2, 0.25) is 0 Å². The zero-order valence-electron chi connectivity index (χ0n) is 8.77. The quantitative estimate of drug-likeness (QED) is 0.823. The Hall–Kier alpha value is -1.93. The molecule has 16 heavy (non-hydrogen) atoms. The Morgan fingerprint density at radius 1 is 1.38 bits per heavy atom. The van der Waals surface area contributed by atoms with E-state index in [9.17, 15) is 0 Å². The Kier molecular flexibility index (Phi) is 3.13. The van der Waals surface area contributed by atoms with Gasteiger partial charge in [0, 0.05) is 0 Å². The van der Waals surface area contributed by atoms with Crippen molar-refractivity contribution in [1.82, 2.24) is 10.2 Å². The molecule has 0 saturated heterocycles. The molecule has 4 nitrogen and oxygen atoms in total. The molecule has 2 aromatic rings. The highest BCUT2D eigenvalue weighted by Gasteiger charge is 2.05. The van der Waals surface area contributed by atoms with Crippen LogP contribution in [0.25, 0.3) is 10.6 Å². The molecular weight excluding hydrogens is 220 g/mol. The van der Waals surface area contributed by atoms with Crippen LogP contribution in [0.3, 0.4) is 0 Å². The van der Waals surface area contributed by atoms with E-state index in [1.54, 1.807) is 11.3 Å². The molecule has 0 aliphatic rings. The Balaban J connectivity index is 2.20. The molecule has 0 saturated carbocycles. The smallest absolute Gasteiger partial charge is 0.149 e. The summed E-state index contributed by atoms with van der Waals surface area (Å²) in [5.41, 5.74) is 2.08. The van der Waals surface area contributed by atoms with Crippen LogP contribution in [0.15, 0.2) is 23.6 Å². The average molecular weight is 230 g/mol. The predicted molar refractivity (Wildman–Crippen MR) is 64.2 cm³/mol. The SMILES string of the molecule is Cc1ccsc1-c1ccc(NCC#N)nn1. The van der Waals surface area contributed by atoms with E-state index in [0.717, 1.165) is 10.6 Å². The number of anilines is 1. The van der Waals surface area contributed by atoms with Gasteiger partial charge in [-0.1, -0.05) is 0 Å². The Labute approximate surface area is 97.6 Å². The van der Waals surface area contributed by atoms with Crippen molar-refractivity contribution in [2.24, 2.45) is 0 Å². The van der Waals surface area contributed by atoms with Crippen molar-refractivity contribution in [1.29, 1.82) is 5.26 Å². The van der Waals surface area contributed by atoms with Crippen molar-refractivity contribution in [2.75, 3.05) is 11.9 Å². The third-order valence-electron chi connectivity index (χ3n) is 2.11. The van der Waals surface area contributed by atoms with E-state index in [1.165, 1.54) is 5.56 Å². The lowest BCUT2D eigenvalue weighted by molar-refractivity contribution is 1.03. The number of hydrogen-bond donors (Lipinski definition) is 1. The molecule has 0 aromatic carbocycles. The van der Waals surface area contributed by atoms with E-state index < -0.39 is 0 Å². The Morgan fingerprint density at radius 3 is 2.81 bits per heavy atom. The number of nitrogens with one attached hydrogen (secondary N) is 1. The lowest BCUT2D eigenvalue weighted by atomic mass is 10.2. The van der Waals surface area contributed by atoms with Crippen LogP contribution in [0.1, 0.15) is 5.56 Å². The molecule has 0 bridgehead atoms. The number of hydrogen-bond acceptors (Lipinski definition) is 5. The molecule has 1 N–H and O–H groups in total. The second-order valence-corrected chi connectivity index (χ2v) is 4.16. The maximum atomic E-state index is 8.41. The second kappa shape index (κ2) is 4.73. The topological polar surface area (TPSA) is 61.6 Å². The number of aryl methyl sites for hydroxylation is 1. The molecule has 0 aliphatic heterocycles. The van der Waals surface area contributed by atoms with Crippen LogP contribution >= 0.6 is 11.3 Å². The van der Waals surface area contributed by atoms with Crippen LogP contribution in [0.5, 0.6) is 0 Å². The van der Waals surface area contributed by atoms with Crippen LogP contribution in [0, 0.1) is 18.3 Å². The first-order valence-corrected chi connectivity index (χ1v) is 5.68. The minimum atomic E-state index is 0.242. The summed E-state index contributed by atoms with van der Waals surface area (Å²) in [5.74, 6) is 0.625. The molecule has 5 heteroatoms. The molecule has 0 fully saturated rings. The van der Waals surface area contributed by atoms with E-state index in [1.807, 2.05) is 23.6 Å². The van der Waals surface area contributed by atoms with Gasteiger partial charge in [0.1, 0.15) is 18.1 Å². The van der Waals surface area contributed by atoms with Crippen LogP contribution in [0.4, 0.5) is 5.82 Å². The maximum absolute atomic E-state index is 8.41. The van der Waals surface area contributed by atoms with Gasteiger partial charge in [-0.15, -0.1) is 21.5 Å². The van der Waals surface area contributed by atoms with E-state index >= 15 is 0 Å². The first kappa shape index (κ1) is 10.6. The fourth-order valence-electron chi connectivity index (χ4n) is 1.31. The molecule has 0 atom stereocenters. The van der Waals surface area contributed by atoms with E-state index in [0.29, 0.717) is 5.82 Å². The highest BCUT2D eigenvalue weighted by atomic mass is 32.1. The van der Waals surface area contributed by atoms with Gasteiger partial charge in [-0.3, -0.25) is 0 Å². The minimum absolute atomic E-state index is 0.242. The fraction of sp³-hybridized carbons (Fsp3) is 0.182. The molecular formula is C11H10N4S. The molecule has 0 amide bonds. The first-order chi connectivity index (χ1) is 7.81. The Bertz CT molecular complexity index is 510. The van der Waals surface area contributed by atoms with Gasteiger partial charge in [0.25, 0.3) is 0 Å². The van der Waals surface area contributed by atoms with Crippen LogP contribution in [-0.2, 0) is 0 Å². The normalized spacial score (nSPS) is 9.75. The van der Waals surface area contributed by atoms with Gasteiger partial charge in [0.05, 0.1) is 10.9 Å². The highest BCUT2D eigenvalue weighted by Crippen LogP contribution is 2.26. The van der Waals surface area contributed by atoms with Crippen molar-refractivity contribution in [2.45, 2.75) is 6.92 Å². The zero-order valence-corrected chi connectivity index (χ0v) is 9.58. The van der Waals surface area contributed by atoms with Crippen molar-refractivity contribution >= 4 is 17.2 Å². The van der Waals surface area contributed by atoms with Crippen LogP contribution < -0.4 is 5.32 Å². The molecule has 0 unspecified atom stereocenters. The number of nitriles is 1. The van der Waals surface area contributed by atoms with Gasteiger partial charge in [0.2, 0.25) is 0 Å². The predicted octanol–water partition coefficient (Wildman–Crippen LogP) is 2.45. The highest BCUT2D eigenvalue weighted by molar-refractivity contribution is 7.13. The summed E-state index contributed by atoms with van der Waals surface area (Å²) < 4.78 is 0. The van der Waals surface area contributed by atoms with E-state index in [-0.39, 0.29) is 6.54 Å². The molecule has 0 spiro atoms. The van der Waals surface area contributed by atoms with Gasteiger partial charge in [-0.25, -0.2) is 0 Å². The number of aromatic nitrogens is 2. The van der Waals surface area contributed by atoms with E-state index in [4.69, 9.17) is 5.26 Å². The maximum Gasteiger partial charge on any atom is 0.149 e. The van der Waals surface area contributed by atoms with Crippen molar-refractivity contribution in [3.05, 3.63) is 29.1 Å². The van der Waals surface area contributed by atoms with Crippen LogP contribution in [-0.4, -0.2) is 16.7 Å². The monoisotopic (exact) mass is 230 g/mol. The summed E-state index contributed by atoms with van der Waals surface area (Å²) in [6.45, 7) is 2.29. The summed E-state index contributed by atoms with van der Waals surface area (Å²) in [6.07, 6.45) is 0. The third-order valence-corrected chi connectivity index (χ3v) is 3.15. The Morgan fingerprint density at radius 2 is 2.25 bits per heavy atom. The lowest BCUT2D eigenvalue weighted by Crippen LogP contribution is -2.01. The third kappa shape index (κ3) is 2.18. The summed E-state index contributed by atoms with van der Waals surface area (Å²) in [7, 11) is 0. The fourth-order valence-corrected chi connectivity index (χ4v) is 2.20. The van der Waals surface area contributed by atoms with Gasteiger partial charge >= 0.3 is 0 Å². The number of thiophene rings is 1. The molecule has 0 radical (unpaired) electrons. The lowest BCUT2D eigenvalue weighted by Gasteiger charge is -2.01. The molecule has 2 aromatic heterocycles. The summed E-state index contributed by atoms with van der Waals surface area (Å²) in [6, 6.07) is 7.79. The molecule has 2 rings (SSSR count). The molecule has 2 heterocycles. The first-order valence-electron chi connectivity index (χ1n) is 4.80. The average Bonchev–Trinajstić information content (AvgIpc) is 2.74. The summed E-state index contributed by atoms with van der Waals surface area (Å²) in [4.78, 5) is 1.14. The van der Waals surface area contributed by atoms with Gasteiger partial charge in [-0.2, -0.15) is 5.26 Å². The number of nitrogens with zero attached hydrogens (tertiary/aromatic N) is 3. The zero-order chi connectivity index (χ0) is 11.4. The van der Waals surface area contributed by atoms with Gasteiger partial charge < -0.3 is 5.32 Å². The summed E-state index contributed by atoms with van der Waals surface area (Å²) in [5, 5.41) is 21.4. The van der Waals surface area contributed by atoms with Crippen molar-refractivity contribution in [3.63, 3.8) is 0 Å². The second-order valence-electron chi connectivity index (χ2n) is 3.25. The number of rotatable bonds is 3. The van der Waals surface area contributed by atoms with Gasteiger partial charge in [-0.05, 0) is 36.1 Å². The van der Waals surface area contributed by atoms with Gasteiger partial charge in [0.15, 0.2) is 0 Å². The van der Waals surface area contributed by atoms with E-state index in [2.05, 4.69) is 28.5 Å². The summed E-state index contributed by atoms with van der Waals surface area (Å²) >= 11 is 1.65. The molecule has 0 aliphatic carbocycles. The van der Waals surface area contributed by atoms with Crippen molar-refractivity contribution < 1.29 is 0 Å². The standard InChI is InChI=1S/C11H10N4S/c1-8-4-7-16-11(8)9-2-3-10(15-14-9)13-6-5-12/h2-4,7H,6H2,1H3,(H,13,15). The minimum Gasteiger partial charge on any atom is -0.356 e. The molecule has 80 valence electrons. The largest absolute Gasteiger partial charge is 0.356 e.